The van der Waals surface area contributed by atoms with Crippen LogP contribution in [0.2, 0.25) is 0 Å². The normalized spacial score (nSPS) is 15.8. The van der Waals surface area contributed by atoms with Crippen LogP contribution in [-0.2, 0) is 0 Å². The molecule has 3 rings (SSSR count). The van der Waals surface area contributed by atoms with E-state index in [0.29, 0.717) is 11.7 Å². The van der Waals surface area contributed by atoms with E-state index >= 15 is 0 Å². The predicted molar refractivity (Wildman–Crippen MR) is 95.1 cm³/mol. The number of likely N-dealkylation sites (tertiary alicyclic amines) is 1. The van der Waals surface area contributed by atoms with Crippen LogP contribution in [0.5, 0.6) is 5.75 Å². The molecule has 0 aromatic heterocycles. The summed E-state index contributed by atoms with van der Waals surface area (Å²) in [4.78, 5) is 14.5. The summed E-state index contributed by atoms with van der Waals surface area (Å²) in [5.74, 6) is 0.901. The van der Waals surface area contributed by atoms with Crippen molar-refractivity contribution in [2.75, 3.05) is 13.1 Å². The number of carbonyl (C=O) groups is 1. The van der Waals surface area contributed by atoms with E-state index in [1.165, 1.54) is 5.56 Å². The Kier molecular flexibility index (Phi) is 4.66. The number of amides is 1. The lowest BCUT2D eigenvalue weighted by Gasteiger charge is -2.32. The van der Waals surface area contributed by atoms with Gasteiger partial charge in [0, 0.05) is 22.2 Å². The lowest BCUT2D eigenvalue weighted by atomic mass is 9.89. The molecule has 1 N–H and O–H groups in total. The Hall–Kier alpha value is -1.56. The number of aromatic hydroxyl groups is 1. The summed E-state index contributed by atoms with van der Waals surface area (Å²) in [6.45, 7) is 1.58. The first kappa shape index (κ1) is 15.3. The highest BCUT2D eigenvalue weighted by Crippen LogP contribution is 2.29. The molecule has 0 radical (unpaired) electrons. The number of carbonyl (C=O) groups excluding carboxylic acids is 1. The molecule has 3 nitrogen and oxygen atoms in total. The van der Waals surface area contributed by atoms with Crippen molar-refractivity contribution in [3.8, 4) is 5.75 Å². The molecular weight excluding hydrogens is 389 g/mol. The van der Waals surface area contributed by atoms with Gasteiger partial charge in [-0.25, -0.2) is 0 Å². The summed E-state index contributed by atoms with van der Waals surface area (Å²) in [7, 11) is 0. The molecule has 0 bridgehead atoms. The summed E-state index contributed by atoms with van der Waals surface area (Å²) in [6, 6.07) is 15.2. The fourth-order valence-electron chi connectivity index (χ4n) is 2.97. The minimum absolute atomic E-state index is 0.127. The maximum Gasteiger partial charge on any atom is 0.253 e. The lowest BCUT2D eigenvalue weighted by molar-refractivity contribution is 0.0713. The van der Waals surface area contributed by atoms with Gasteiger partial charge in [-0.15, -0.1) is 0 Å². The Morgan fingerprint density at radius 3 is 2.41 bits per heavy atom. The van der Waals surface area contributed by atoms with Crippen LogP contribution in [0.4, 0.5) is 0 Å². The van der Waals surface area contributed by atoms with Gasteiger partial charge in [0.1, 0.15) is 5.75 Å². The molecule has 114 valence electrons. The third kappa shape index (κ3) is 3.43. The van der Waals surface area contributed by atoms with E-state index in [-0.39, 0.29) is 5.91 Å². The zero-order valence-corrected chi connectivity index (χ0v) is 14.4. The maximum atomic E-state index is 12.5. The number of halogens is 1. The van der Waals surface area contributed by atoms with Crippen molar-refractivity contribution in [1.82, 2.24) is 4.90 Å². The molecule has 4 heteroatoms. The minimum Gasteiger partial charge on any atom is -0.508 e. The van der Waals surface area contributed by atoms with E-state index in [1.54, 1.807) is 12.1 Å². The molecule has 2 aromatic carbocycles. The van der Waals surface area contributed by atoms with Crippen LogP contribution < -0.4 is 0 Å². The Morgan fingerprint density at radius 1 is 1.09 bits per heavy atom. The largest absolute Gasteiger partial charge is 0.508 e. The number of phenols is 1. The van der Waals surface area contributed by atoms with Crippen LogP contribution in [0.25, 0.3) is 0 Å². The molecule has 1 heterocycles. The number of piperidine rings is 1. The quantitative estimate of drug-likeness (QED) is 0.765. The van der Waals surface area contributed by atoms with Crippen LogP contribution in [0.3, 0.4) is 0 Å². The van der Waals surface area contributed by atoms with E-state index < -0.39 is 0 Å². The topological polar surface area (TPSA) is 40.5 Å². The smallest absolute Gasteiger partial charge is 0.253 e. The Balaban J connectivity index is 1.64. The molecule has 1 saturated heterocycles. The van der Waals surface area contributed by atoms with E-state index in [0.717, 1.165) is 35.1 Å². The number of phenolic OH excluding ortho intramolecular Hbond substituents is 1. The molecule has 0 saturated carbocycles. The molecule has 1 fully saturated rings. The highest BCUT2D eigenvalue weighted by atomic mass is 127. The summed E-state index contributed by atoms with van der Waals surface area (Å²) in [5, 5.41) is 9.36. The average Bonchev–Trinajstić information content (AvgIpc) is 2.55. The SMILES string of the molecule is O=C(c1cccc(I)c1)N1CCC(c2ccc(O)cc2)CC1. The van der Waals surface area contributed by atoms with Crippen molar-refractivity contribution in [1.29, 1.82) is 0 Å². The monoisotopic (exact) mass is 407 g/mol. The second-order valence-corrected chi connectivity index (χ2v) is 6.91. The van der Waals surface area contributed by atoms with Crippen LogP contribution >= 0.6 is 22.6 Å². The third-order valence-electron chi connectivity index (χ3n) is 4.22. The summed E-state index contributed by atoms with van der Waals surface area (Å²) < 4.78 is 1.09. The first-order chi connectivity index (χ1) is 10.6. The molecule has 0 spiro atoms. The molecule has 0 atom stereocenters. The molecule has 1 aliphatic rings. The first-order valence-corrected chi connectivity index (χ1v) is 8.55. The Morgan fingerprint density at radius 2 is 1.77 bits per heavy atom. The van der Waals surface area contributed by atoms with Gasteiger partial charge in [0.2, 0.25) is 0 Å². The van der Waals surface area contributed by atoms with E-state index in [9.17, 15) is 9.90 Å². The number of benzene rings is 2. The second-order valence-electron chi connectivity index (χ2n) is 5.67. The standard InChI is InChI=1S/C18H18INO2/c19-16-3-1-2-15(12-16)18(22)20-10-8-14(9-11-20)13-4-6-17(21)7-5-13/h1-7,12,14,21H,8-11H2. The predicted octanol–water partition coefficient (Wildman–Crippen LogP) is 4.02. The van der Waals surface area contributed by atoms with Gasteiger partial charge in [-0.05, 0) is 77.2 Å². The third-order valence-corrected chi connectivity index (χ3v) is 4.89. The summed E-state index contributed by atoms with van der Waals surface area (Å²) in [5.41, 5.74) is 2.02. The van der Waals surface area contributed by atoms with Crippen molar-refractivity contribution in [3.05, 3.63) is 63.2 Å². The van der Waals surface area contributed by atoms with Crippen LogP contribution in [-0.4, -0.2) is 29.0 Å². The molecule has 0 aliphatic carbocycles. The Labute approximate surface area is 144 Å². The van der Waals surface area contributed by atoms with E-state index in [4.69, 9.17) is 0 Å². The van der Waals surface area contributed by atoms with Crippen molar-refractivity contribution in [3.63, 3.8) is 0 Å². The molecule has 1 aliphatic heterocycles. The fourth-order valence-corrected chi connectivity index (χ4v) is 3.51. The number of hydrogen-bond acceptors (Lipinski definition) is 2. The van der Waals surface area contributed by atoms with Gasteiger partial charge in [-0.2, -0.15) is 0 Å². The van der Waals surface area contributed by atoms with Crippen molar-refractivity contribution in [2.24, 2.45) is 0 Å². The second kappa shape index (κ2) is 6.69. The molecule has 0 unspecified atom stereocenters. The van der Waals surface area contributed by atoms with Crippen molar-refractivity contribution < 1.29 is 9.90 Å². The minimum atomic E-state index is 0.127. The highest BCUT2D eigenvalue weighted by molar-refractivity contribution is 14.1. The van der Waals surface area contributed by atoms with Gasteiger partial charge in [0.15, 0.2) is 0 Å². The van der Waals surface area contributed by atoms with Crippen LogP contribution in [0.1, 0.15) is 34.7 Å². The zero-order valence-electron chi connectivity index (χ0n) is 12.2. The number of rotatable bonds is 2. The van der Waals surface area contributed by atoms with Gasteiger partial charge in [0.25, 0.3) is 5.91 Å². The van der Waals surface area contributed by atoms with E-state index in [2.05, 4.69) is 22.6 Å². The zero-order chi connectivity index (χ0) is 15.5. The van der Waals surface area contributed by atoms with Crippen LogP contribution in [0, 0.1) is 3.57 Å². The van der Waals surface area contributed by atoms with Gasteiger partial charge in [-0.1, -0.05) is 18.2 Å². The van der Waals surface area contributed by atoms with Crippen LogP contribution in [0.15, 0.2) is 48.5 Å². The molecule has 22 heavy (non-hydrogen) atoms. The number of nitrogens with zero attached hydrogens (tertiary/aromatic N) is 1. The summed E-state index contributed by atoms with van der Waals surface area (Å²) in [6.07, 6.45) is 1.95. The van der Waals surface area contributed by atoms with Gasteiger partial charge in [-0.3, -0.25) is 4.79 Å². The maximum absolute atomic E-state index is 12.5. The average molecular weight is 407 g/mol. The molecule has 2 aromatic rings. The summed E-state index contributed by atoms with van der Waals surface area (Å²) >= 11 is 2.23. The lowest BCUT2D eigenvalue weighted by Crippen LogP contribution is -2.37. The van der Waals surface area contributed by atoms with Crippen molar-refractivity contribution in [2.45, 2.75) is 18.8 Å². The van der Waals surface area contributed by atoms with E-state index in [1.807, 2.05) is 41.3 Å². The number of hydrogen-bond donors (Lipinski definition) is 1. The van der Waals surface area contributed by atoms with Gasteiger partial charge >= 0.3 is 0 Å². The van der Waals surface area contributed by atoms with Gasteiger partial charge in [0.05, 0.1) is 0 Å². The first-order valence-electron chi connectivity index (χ1n) is 7.47. The molecular formula is C18H18INO2. The Bertz CT molecular complexity index is 661. The van der Waals surface area contributed by atoms with Gasteiger partial charge < -0.3 is 10.0 Å². The highest BCUT2D eigenvalue weighted by Gasteiger charge is 2.24. The fraction of sp³-hybridized carbons (Fsp3) is 0.278. The molecule has 1 amide bonds. The van der Waals surface area contributed by atoms with Crippen molar-refractivity contribution >= 4 is 28.5 Å².